The smallest absolute Gasteiger partial charge is 0.224 e. The molecule has 0 fully saturated rings. The van der Waals surface area contributed by atoms with Crippen molar-refractivity contribution in [1.82, 2.24) is 9.78 Å². The number of carbonyl (C=O) groups is 1. The molecule has 0 saturated heterocycles. The van der Waals surface area contributed by atoms with Crippen LogP contribution in [0.5, 0.6) is 0 Å². The van der Waals surface area contributed by atoms with E-state index in [1.807, 2.05) is 6.92 Å². The number of nitrogens with zero attached hydrogens (tertiary/aromatic N) is 2. The summed E-state index contributed by atoms with van der Waals surface area (Å²) in [5.74, 6) is -0.0973. The standard InChI is InChI=1S/C14H16Cl2N4O/c1-9-11(16)8-18-20(9)6-2-3-14(21)19-13-5-4-10(15)7-12(13)17/h4-5,7-8H,2-3,6,17H2,1H3,(H,19,21). The van der Waals surface area contributed by atoms with Crippen molar-refractivity contribution in [1.29, 1.82) is 0 Å². The highest BCUT2D eigenvalue weighted by Gasteiger charge is 2.07. The molecular weight excluding hydrogens is 311 g/mol. The topological polar surface area (TPSA) is 72.9 Å². The van der Waals surface area contributed by atoms with Gasteiger partial charge >= 0.3 is 0 Å². The van der Waals surface area contributed by atoms with Gasteiger partial charge in [0.2, 0.25) is 5.91 Å². The first-order chi connectivity index (χ1) is 9.97. The van der Waals surface area contributed by atoms with Crippen LogP contribution in [0, 0.1) is 6.92 Å². The highest BCUT2D eigenvalue weighted by atomic mass is 35.5. The van der Waals surface area contributed by atoms with Crippen molar-refractivity contribution >= 4 is 40.5 Å². The molecule has 0 bridgehead atoms. The zero-order chi connectivity index (χ0) is 15.4. The van der Waals surface area contributed by atoms with Gasteiger partial charge in [-0.05, 0) is 31.5 Å². The summed E-state index contributed by atoms with van der Waals surface area (Å²) in [6.07, 6.45) is 2.64. The van der Waals surface area contributed by atoms with Crippen LogP contribution in [-0.2, 0) is 11.3 Å². The molecule has 5 nitrogen and oxygen atoms in total. The number of aryl methyl sites for hydroxylation is 1. The summed E-state index contributed by atoms with van der Waals surface area (Å²) in [5, 5.41) is 8.07. The number of amides is 1. The predicted molar refractivity (Wildman–Crippen MR) is 85.7 cm³/mol. The van der Waals surface area contributed by atoms with Gasteiger partial charge in [0.15, 0.2) is 0 Å². The number of benzene rings is 1. The van der Waals surface area contributed by atoms with Crippen LogP contribution in [0.2, 0.25) is 10.0 Å². The van der Waals surface area contributed by atoms with E-state index in [4.69, 9.17) is 28.9 Å². The molecule has 0 atom stereocenters. The van der Waals surface area contributed by atoms with Crippen LogP contribution in [0.3, 0.4) is 0 Å². The van der Waals surface area contributed by atoms with Gasteiger partial charge in [-0.3, -0.25) is 9.48 Å². The minimum Gasteiger partial charge on any atom is -0.397 e. The number of halogens is 2. The number of hydrogen-bond acceptors (Lipinski definition) is 3. The Balaban J connectivity index is 1.84. The maximum absolute atomic E-state index is 11.9. The van der Waals surface area contributed by atoms with Crippen molar-refractivity contribution in [3.8, 4) is 0 Å². The molecule has 2 rings (SSSR count). The quantitative estimate of drug-likeness (QED) is 0.826. The molecule has 0 aliphatic heterocycles. The molecule has 21 heavy (non-hydrogen) atoms. The molecule has 1 amide bonds. The van der Waals surface area contributed by atoms with Crippen molar-refractivity contribution in [2.45, 2.75) is 26.3 Å². The van der Waals surface area contributed by atoms with Gasteiger partial charge in [0.1, 0.15) is 0 Å². The van der Waals surface area contributed by atoms with E-state index in [9.17, 15) is 4.79 Å². The van der Waals surface area contributed by atoms with Crippen molar-refractivity contribution in [3.05, 3.63) is 40.1 Å². The fraction of sp³-hybridized carbons (Fsp3) is 0.286. The first-order valence-electron chi connectivity index (χ1n) is 6.50. The SMILES string of the molecule is Cc1c(Cl)cnn1CCCC(=O)Nc1ccc(Cl)cc1N. The predicted octanol–water partition coefficient (Wildman–Crippen LogP) is 3.50. The van der Waals surface area contributed by atoms with Crippen molar-refractivity contribution in [3.63, 3.8) is 0 Å². The monoisotopic (exact) mass is 326 g/mol. The average Bonchev–Trinajstić information content (AvgIpc) is 2.74. The van der Waals surface area contributed by atoms with Gasteiger partial charge in [-0.25, -0.2) is 0 Å². The molecule has 7 heteroatoms. The fourth-order valence-corrected chi connectivity index (χ4v) is 2.22. The summed E-state index contributed by atoms with van der Waals surface area (Å²) in [7, 11) is 0. The lowest BCUT2D eigenvalue weighted by atomic mass is 10.2. The lowest BCUT2D eigenvalue weighted by Crippen LogP contribution is -2.14. The summed E-state index contributed by atoms with van der Waals surface area (Å²) >= 11 is 11.7. The molecule has 0 aliphatic carbocycles. The Morgan fingerprint density at radius 2 is 2.19 bits per heavy atom. The molecule has 1 aromatic heterocycles. The molecule has 112 valence electrons. The number of rotatable bonds is 5. The minimum atomic E-state index is -0.0973. The summed E-state index contributed by atoms with van der Waals surface area (Å²) in [6, 6.07) is 4.97. The van der Waals surface area contributed by atoms with Crippen LogP contribution in [0.25, 0.3) is 0 Å². The second-order valence-corrected chi connectivity index (χ2v) is 5.53. The van der Waals surface area contributed by atoms with Gasteiger partial charge in [0, 0.05) is 18.0 Å². The molecule has 0 unspecified atom stereocenters. The maximum Gasteiger partial charge on any atom is 0.224 e. The van der Waals surface area contributed by atoms with E-state index in [2.05, 4.69) is 10.4 Å². The summed E-state index contributed by atoms with van der Waals surface area (Å²) in [4.78, 5) is 11.9. The Kier molecular flexibility index (Phi) is 5.09. The van der Waals surface area contributed by atoms with Crippen LogP contribution in [0.15, 0.2) is 24.4 Å². The van der Waals surface area contributed by atoms with E-state index in [0.29, 0.717) is 40.8 Å². The van der Waals surface area contributed by atoms with Crippen LogP contribution < -0.4 is 11.1 Å². The van der Waals surface area contributed by atoms with E-state index in [0.717, 1.165) is 5.69 Å². The molecule has 0 saturated carbocycles. The Hall–Kier alpha value is -1.72. The van der Waals surface area contributed by atoms with Gasteiger partial charge in [-0.15, -0.1) is 0 Å². The Bertz CT molecular complexity index is 654. The first-order valence-corrected chi connectivity index (χ1v) is 7.25. The molecule has 0 radical (unpaired) electrons. The lowest BCUT2D eigenvalue weighted by Gasteiger charge is -2.09. The zero-order valence-electron chi connectivity index (χ0n) is 11.6. The van der Waals surface area contributed by atoms with Crippen LogP contribution in [0.1, 0.15) is 18.5 Å². The van der Waals surface area contributed by atoms with Crippen LogP contribution in [-0.4, -0.2) is 15.7 Å². The number of nitrogen functional groups attached to an aromatic ring is 1. The van der Waals surface area contributed by atoms with Gasteiger partial charge in [-0.1, -0.05) is 23.2 Å². The summed E-state index contributed by atoms with van der Waals surface area (Å²) < 4.78 is 1.78. The number of carbonyl (C=O) groups excluding carboxylic acids is 1. The molecular formula is C14H16Cl2N4O. The number of aromatic nitrogens is 2. The minimum absolute atomic E-state index is 0.0973. The highest BCUT2D eigenvalue weighted by molar-refractivity contribution is 6.31. The number of hydrogen-bond donors (Lipinski definition) is 2. The third kappa shape index (κ3) is 4.12. The molecule has 2 aromatic rings. The molecule has 3 N–H and O–H groups in total. The second-order valence-electron chi connectivity index (χ2n) is 4.68. The maximum atomic E-state index is 11.9. The van der Waals surface area contributed by atoms with Gasteiger partial charge in [-0.2, -0.15) is 5.10 Å². The molecule has 0 spiro atoms. The number of nitrogens with two attached hydrogens (primary N) is 1. The van der Waals surface area contributed by atoms with Crippen molar-refractivity contribution in [2.24, 2.45) is 0 Å². The zero-order valence-corrected chi connectivity index (χ0v) is 13.1. The molecule has 0 aliphatic rings. The van der Waals surface area contributed by atoms with E-state index in [-0.39, 0.29) is 5.91 Å². The largest absolute Gasteiger partial charge is 0.397 e. The van der Waals surface area contributed by atoms with Crippen LogP contribution in [0.4, 0.5) is 11.4 Å². The van der Waals surface area contributed by atoms with Crippen LogP contribution >= 0.6 is 23.2 Å². The second kappa shape index (κ2) is 6.83. The third-order valence-corrected chi connectivity index (χ3v) is 3.71. The Morgan fingerprint density at radius 1 is 1.43 bits per heavy atom. The van der Waals surface area contributed by atoms with Crippen molar-refractivity contribution < 1.29 is 4.79 Å². The normalized spacial score (nSPS) is 10.6. The van der Waals surface area contributed by atoms with Gasteiger partial charge in [0.05, 0.1) is 28.3 Å². The number of anilines is 2. The Labute approximate surface area is 133 Å². The van der Waals surface area contributed by atoms with E-state index in [1.165, 1.54) is 0 Å². The first kappa shape index (κ1) is 15.7. The summed E-state index contributed by atoms with van der Waals surface area (Å²) in [6.45, 7) is 2.53. The van der Waals surface area contributed by atoms with Crippen molar-refractivity contribution in [2.75, 3.05) is 11.1 Å². The van der Waals surface area contributed by atoms with E-state index >= 15 is 0 Å². The van der Waals surface area contributed by atoms with E-state index in [1.54, 1.807) is 29.1 Å². The van der Waals surface area contributed by atoms with Gasteiger partial charge in [0.25, 0.3) is 0 Å². The third-order valence-electron chi connectivity index (χ3n) is 3.10. The fourth-order valence-electron chi connectivity index (χ4n) is 1.90. The molecule has 1 aromatic carbocycles. The highest BCUT2D eigenvalue weighted by Crippen LogP contribution is 2.22. The molecule has 1 heterocycles. The van der Waals surface area contributed by atoms with Gasteiger partial charge < -0.3 is 11.1 Å². The lowest BCUT2D eigenvalue weighted by molar-refractivity contribution is -0.116. The van der Waals surface area contributed by atoms with E-state index < -0.39 is 0 Å². The Morgan fingerprint density at radius 3 is 2.81 bits per heavy atom. The average molecular weight is 327 g/mol. The summed E-state index contributed by atoms with van der Waals surface area (Å²) in [5.41, 5.74) is 7.71. The number of nitrogens with one attached hydrogen (secondary N) is 1.